The van der Waals surface area contributed by atoms with Crippen molar-refractivity contribution >= 4 is 39.8 Å². The van der Waals surface area contributed by atoms with Crippen molar-refractivity contribution in [3.05, 3.63) is 35.9 Å². The second-order valence-electron chi connectivity index (χ2n) is 6.94. The molecule has 0 heterocycles. The molecule has 0 aliphatic heterocycles. The molecule has 0 spiro atoms. The normalized spacial score (nSPS) is 14.5. The van der Waals surface area contributed by atoms with E-state index in [1.165, 1.54) is 11.8 Å². The van der Waals surface area contributed by atoms with Gasteiger partial charge in [0.1, 0.15) is 9.84 Å². The van der Waals surface area contributed by atoms with Gasteiger partial charge in [-0.2, -0.15) is 0 Å². The van der Waals surface area contributed by atoms with E-state index in [0.717, 1.165) is 12.5 Å². The highest BCUT2D eigenvalue weighted by atomic mass is 127. The fraction of sp³-hybridized carbons (Fsp3) is 0.632. The molecule has 0 aliphatic rings. The highest BCUT2D eigenvalue weighted by molar-refractivity contribution is 14.0. The molecule has 26 heavy (non-hydrogen) atoms. The van der Waals surface area contributed by atoms with Gasteiger partial charge in [0.05, 0.1) is 5.75 Å². The first-order valence-corrected chi connectivity index (χ1v) is 11.1. The second kappa shape index (κ2) is 12.5. The lowest BCUT2D eigenvalue weighted by atomic mass is 9.88. The second-order valence-corrected chi connectivity index (χ2v) is 9.20. The number of sulfone groups is 1. The van der Waals surface area contributed by atoms with Gasteiger partial charge in [0.25, 0.3) is 0 Å². The Morgan fingerprint density at radius 3 is 2.27 bits per heavy atom. The van der Waals surface area contributed by atoms with Gasteiger partial charge in [-0.15, -0.1) is 24.0 Å². The molecule has 0 radical (unpaired) electrons. The van der Waals surface area contributed by atoms with E-state index in [-0.39, 0.29) is 35.8 Å². The van der Waals surface area contributed by atoms with Crippen LogP contribution in [0.2, 0.25) is 0 Å². The third-order valence-electron chi connectivity index (χ3n) is 4.13. The zero-order valence-corrected chi connectivity index (χ0v) is 19.7. The number of hydrogen-bond acceptors (Lipinski definition) is 3. The minimum absolute atomic E-state index is 0. The van der Waals surface area contributed by atoms with E-state index in [1.54, 1.807) is 0 Å². The summed E-state index contributed by atoms with van der Waals surface area (Å²) in [7, 11) is -2.94. The highest BCUT2D eigenvalue weighted by Gasteiger charge is 2.16. The van der Waals surface area contributed by atoms with Crippen LogP contribution in [-0.2, 0) is 9.84 Å². The minimum Gasteiger partial charge on any atom is -0.357 e. The van der Waals surface area contributed by atoms with Crippen LogP contribution in [0.15, 0.2) is 35.3 Å². The van der Waals surface area contributed by atoms with E-state index >= 15 is 0 Å². The Balaban J connectivity index is 0.00000625. The maximum absolute atomic E-state index is 11.3. The molecule has 0 saturated heterocycles. The number of rotatable bonds is 9. The van der Waals surface area contributed by atoms with Crippen LogP contribution in [0.1, 0.15) is 45.6 Å². The monoisotopic (exact) mass is 495 g/mol. The van der Waals surface area contributed by atoms with E-state index in [2.05, 4.69) is 48.7 Å². The third kappa shape index (κ3) is 10.4. The predicted molar refractivity (Wildman–Crippen MR) is 122 cm³/mol. The molecule has 0 aliphatic carbocycles. The quantitative estimate of drug-likeness (QED) is 0.313. The van der Waals surface area contributed by atoms with E-state index in [1.807, 2.05) is 19.9 Å². The summed E-state index contributed by atoms with van der Waals surface area (Å²) in [4.78, 5) is 4.74. The fourth-order valence-corrected chi connectivity index (χ4v) is 3.39. The van der Waals surface area contributed by atoms with E-state index in [0.29, 0.717) is 24.8 Å². The predicted octanol–water partition coefficient (Wildman–Crippen LogP) is 3.42. The molecule has 5 nitrogen and oxygen atoms in total. The number of nitrogens with one attached hydrogen (secondary N) is 2. The van der Waals surface area contributed by atoms with Crippen molar-refractivity contribution in [1.82, 2.24) is 10.6 Å². The average molecular weight is 495 g/mol. The van der Waals surface area contributed by atoms with Crippen LogP contribution in [0.5, 0.6) is 0 Å². The molecule has 1 rings (SSSR count). The maximum Gasteiger partial charge on any atom is 0.191 e. The van der Waals surface area contributed by atoms with E-state index in [9.17, 15) is 8.42 Å². The van der Waals surface area contributed by atoms with Crippen LogP contribution < -0.4 is 10.6 Å². The SMILES string of the molecule is CCNC(=NCC(c1ccccc1)C(C)C)NC(C)CCS(C)(=O)=O.I. The highest BCUT2D eigenvalue weighted by Crippen LogP contribution is 2.24. The third-order valence-corrected chi connectivity index (χ3v) is 5.10. The Kier molecular flexibility index (Phi) is 12.1. The van der Waals surface area contributed by atoms with Gasteiger partial charge >= 0.3 is 0 Å². The summed E-state index contributed by atoms with van der Waals surface area (Å²) in [5.74, 6) is 1.75. The van der Waals surface area contributed by atoms with Gasteiger partial charge in [-0.25, -0.2) is 8.42 Å². The maximum atomic E-state index is 11.3. The minimum atomic E-state index is -2.94. The van der Waals surface area contributed by atoms with Gasteiger partial charge in [0.15, 0.2) is 5.96 Å². The number of aliphatic imine (C=N–C) groups is 1. The first-order valence-electron chi connectivity index (χ1n) is 9.00. The molecule has 0 aromatic heterocycles. The van der Waals surface area contributed by atoms with Crippen molar-refractivity contribution in [2.24, 2.45) is 10.9 Å². The summed E-state index contributed by atoms with van der Waals surface area (Å²) < 4.78 is 22.6. The van der Waals surface area contributed by atoms with Gasteiger partial charge in [-0.05, 0) is 31.7 Å². The number of benzene rings is 1. The van der Waals surface area contributed by atoms with Crippen LogP contribution in [0.3, 0.4) is 0 Å². The number of guanidine groups is 1. The molecule has 1 aromatic carbocycles. The molecule has 0 saturated carbocycles. The van der Waals surface area contributed by atoms with Crippen molar-refractivity contribution in [1.29, 1.82) is 0 Å². The summed E-state index contributed by atoms with van der Waals surface area (Å²) in [5.41, 5.74) is 1.29. The van der Waals surface area contributed by atoms with Gasteiger partial charge in [0, 0.05) is 31.3 Å². The van der Waals surface area contributed by atoms with Crippen LogP contribution in [0.25, 0.3) is 0 Å². The lowest BCUT2D eigenvalue weighted by Gasteiger charge is -2.22. The van der Waals surface area contributed by atoms with Crippen LogP contribution in [0.4, 0.5) is 0 Å². The molecule has 0 fully saturated rings. The Hall–Kier alpha value is -0.830. The standard InChI is InChI=1S/C19H33N3O2S.HI/c1-6-20-19(22-16(4)12-13-25(5,23)24)21-14-18(15(2)3)17-10-8-7-9-11-17;/h7-11,15-16,18H,6,12-14H2,1-5H3,(H2,20,21,22);1H. The largest absolute Gasteiger partial charge is 0.357 e. The number of nitrogens with zero attached hydrogens (tertiary/aromatic N) is 1. The topological polar surface area (TPSA) is 70.6 Å². The first-order chi connectivity index (χ1) is 11.7. The average Bonchev–Trinajstić information content (AvgIpc) is 2.53. The van der Waals surface area contributed by atoms with Crippen molar-refractivity contribution < 1.29 is 8.42 Å². The summed E-state index contributed by atoms with van der Waals surface area (Å²) in [6.07, 6.45) is 1.83. The van der Waals surface area contributed by atoms with Crippen molar-refractivity contribution in [2.45, 2.75) is 46.1 Å². The van der Waals surface area contributed by atoms with Crippen molar-refractivity contribution in [3.8, 4) is 0 Å². The molecule has 0 bridgehead atoms. The molecule has 2 N–H and O–H groups in total. The molecule has 0 amide bonds. The van der Waals surface area contributed by atoms with Gasteiger partial charge < -0.3 is 10.6 Å². The van der Waals surface area contributed by atoms with Crippen LogP contribution >= 0.6 is 24.0 Å². The Morgan fingerprint density at radius 2 is 1.77 bits per heavy atom. The Labute approximate surface area is 176 Å². The van der Waals surface area contributed by atoms with Gasteiger partial charge in [-0.1, -0.05) is 44.2 Å². The lowest BCUT2D eigenvalue weighted by Crippen LogP contribution is -2.43. The van der Waals surface area contributed by atoms with E-state index < -0.39 is 9.84 Å². The summed E-state index contributed by atoms with van der Waals surface area (Å²) >= 11 is 0. The van der Waals surface area contributed by atoms with Crippen LogP contribution in [-0.4, -0.2) is 45.5 Å². The van der Waals surface area contributed by atoms with Gasteiger partial charge in [-0.3, -0.25) is 4.99 Å². The van der Waals surface area contributed by atoms with E-state index in [4.69, 9.17) is 4.99 Å². The summed E-state index contributed by atoms with van der Waals surface area (Å²) in [6.45, 7) is 9.88. The lowest BCUT2D eigenvalue weighted by molar-refractivity contribution is 0.504. The van der Waals surface area contributed by atoms with Crippen molar-refractivity contribution in [2.75, 3.05) is 25.1 Å². The van der Waals surface area contributed by atoms with Crippen molar-refractivity contribution in [3.63, 3.8) is 0 Å². The number of hydrogen-bond donors (Lipinski definition) is 2. The zero-order chi connectivity index (χ0) is 18.9. The summed E-state index contributed by atoms with van der Waals surface area (Å²) in [5, 5.41) is 6.56. The molecule has 2 atom stereocenters. The first kappa shape index (κ1) is 25.2. The molecule has 2 unspecified atom stereocenters. The molecular weight excluding hydrogens is 461 g/mol. The molecular formula is C19H34IN3O2S. The number of halogens is 1. The molecule has 1 aromatic rings. The van der Waals surface area contributed by atoms with Gasteiger partial charge in [0.2, 0.25) is 0 Å². The Bertz CT molecular complexity index is 633. The summed E-state index contributed by atoms with van der Waals surface area (Å²) in [6, 6.07) is 10.5. The Morgan fingerprint density at radius 1 is 1.15 bits per heavy atom. The van der Waals surface area contributed by atoms with Crippen LogP contribution in [0, 0.1) is 5.92 Å². The molecule has 7 heteroatoms. The fourth-order valence-electron chi connectivity index (χ4n) is 2.61. The smallest absolute Gasteiger partial charge is 0.191 e. The molecule has 150 valence electrons. The zero-order valence-electron chi connectivity index (χ0n) is 16.5.